The summed E-state index contributed by atoms with van der Waals surface area (Å²) in [6, 6.07) is -3.44. The lowest BCUT2D eigenvalue weighted by molar-refractivity contribution is -0.338. The number of carbonyl (C=O) groups is 1. The van der Waals surface area contributed by atoms with Gasteiger partial charge in [0, 0.05) is 6.42 Å². The summed E-state index contributed by atoms with van der Waals surface area (Å²) in [5, 5.41) is 71.6. The summed E-state index contributed by atoms with van der Waals surface area (Å²) >= 11 is 0. The molecule has 3 rings (SSSR count). The third kappa shape index (κ3) is 11.2. The van der Waals surface area contributed by atoms with E-state index in [1.807, 2.05) is 0 Å². The lowest BCUT2D eigenvalue weighted by atomic mass is 9.92. The average molecular weight is 800 g/mol. The second-order valence-corrected chi connectivity index (χ2v) is 14.8. The minimum atomic E-state index is -5.50. The summed E-state index contributed by atoms with van der Waals surface area (Å²) in [5.41, 5.74) is 11.5. The molecule has 50 heavy (non-hydrogen) atoms. The highest BCUT2D eigenvalue weighted by atomic mass is 31.2. The van der Waals surface area contributed by atoms with E-state index in [2.05, 4.69) is 13.6 Å². The maximum atomic E-state index is 12.4. The molecule has 0 saturated carbocycles. The van der Waals surface area contributed by atoms with Gasteiger partial charge < -0.3 is 100 Å². The molecule has 0 aromatic heterocycles. The van der Waals surface area contributed by atoms with Crippen LogP contribution in [0.3, 0.4) is 0 Å². The number of phosphoric acid groups is 3. The Morgan fingerprint density at radius 3 is 1.82 bits per heavy atom. The lowest BCUT2D eigenvalue weighted by Gasteiger charge is -2.47. The first-order valence-electron chi connectivity index (χ1n) is 14.0. The second kappa shape index (κ2) is 16.7. The standard InChI is InChI=1S/C20H39N2O25P3/c21-9-12(27)11(26)7(42-18(9)47-50(37,38)39)3-40-17-10(22)13(28)16(46-49(34,35)36)8(43-17)4-41-20(19(29)30)1-5(24)15(45-48(31,32)33)14(44-20)6(25)2-23/h5-18,23-28H,1-4,21-22H2,(H,29,30)(H2,31,32,33)(H2,34,35,36)(H2,37,38,39)/t5-,6-,7-,8-,9-,10-,11-,12-,13-,14-,15-,16-,17-,18-,20-/m1/s1. The zero-order chi connectivity index (χ0) is 38.1. The van der Waals surface area contributed by atoms with Gasteiger partial charge in [-0.3, -0.25) is 13.6 Å². The first kappa shape index (κ1) is 43.7. The summed E-state index contributed by atoms with van der Waals surface area (Å²) in [6.45, 7) is -3.28. The summed E-state index contributed by atoms with van der Waals surface area (Å²) in [6.07, 6.45) is -25.5. The Kier molecular flexibility index (Phi) is 14.6. The van der Waals surface area contributed by atoms with Crippen molar-refractivity contribution in [1.29, 1.82) is 0 Å². The van der Waals surface area contributed by atoms with Crippen molar-refractivity contribution in [3.63, 3.8) is 0 Å². The van der Waals surface area contributed by atoms with Crippen LogP contribution in [0.2, 0.25) is 0 Å². The van der Waals surface area contributed by atoms with Crippen LogP contribution in [0.25, 0.3) is 0 Å². The highest BCUT2D eigenvalue weighted by Crippen LogP contribution is 2.45. The maximum Gasteiger partial charge on any atom is 0.471 e. The third-order valence-electron chi connectivity index (χ3n) is 7.53. The minimum Gasteiger partial charge on any atom is -0.477 e. The van der Waals surface area contributed by atoms with Gasteiger partial charge in [0.15, 0.2) is 12.6 Å². The molecular formula is C20H39N2O25P3. The van der Waals surface area contributed by atoms with Crippen molar-refractivity contribution < 1.29 is 121 Å². The van der Waals surface area contributed by atoms with Gasteiger partial charge in [-0.05, 0) is 0 Å². The van der Waals surface area contributed by atoms with Gasteiger partial charge in [-0.1, -0.05) is 0 Å². The Hall–Kier alpha value is -0.720. The Morgan fingerprint density at radius 1 is 0.780 bits per heavy atom. The molecule has 3 aliphatic rings. The van der Waals surface area contributed by atoms with Gasteiger partial charge in [0.05, 0.1) is 38.0 Å². The molecule has 3 saturated heterocycles. The molecule has 0 bridgehead atoms. The van der Waals surface area contributed by atoms with Crippen molar-refractivity contribution in [2.75, 3.05) is 19.8 Å². The normalized spacial score (nSPS) is 41.1. The fourth-order valence-electron chi connectivity index (χ4n) is 5.17. The first-order chi connectivity index (χ1) is 22.8. The van der Waals surface area contributed by atoms with Crippen molar-refractivity contribution >= 4 is 29.4 Å². The number of carboxylic acids is 1. The SMILES string of the molecule is N[C@H]1[C@@H](OP(=O)(O)O)O[C@H](CO[C@@H]2O[C@H](CO[C@]3(C(=O)O)C[C@@H](O)[C@@H](OP(=O)(O)O)[C@@H]([C@H](O)CO)O3)[C@@H](OP(=O)(O)O)[C@H](O)[C@H]2N)[C@@H](O)[C@@H]1O. The maximum absolute atomic E-state index is 12.4. The van der Waals surface area contributed by atoms with Gasteiger partial charge in [-0.15, -0.1) is 0 Å². The Labute approximate surface area is 279 Å². The summed E-state index contributed by atoms with van der Waals surface area (Å²) < 4.78 is 74.5. The summed E-state index contributed by atoms with van der Waals surface area (Å²) in [4.78, 5) is 67.8. The number of rotatable bonds is 15. The fraction of sp³-hybridized carbons (Fsp3) is 0.950. The topological polar surface area (TPSA) is 457 Å². The van der Waals surface area contributed by atoms with E-state index in [0.29, 0.717) is 0 Å². The van der Waals surface area contributed by atoms with Crippen molar-refractivity contribution in [1.82, 2.24) is 0 Å². The molecule has 0 radical (unpaired) electrons. The predicted molar refractivity (Wildman–Crippen MR) is 149 cm³/mol. The number of hydrogen-bond donors (Lipinski definition) is 15. The zero-order valence-electron chi connectivity index (χ0n) is 25.1. The van der Waals surface area contributed by atoms with Crippen LogP contribution in [0.5, 0.6) is 0 Å². The fourth-order valence-corrected chi connectivity index (χ4v) is 6.78. The minimum absolute atomic E-state index is 0.870. The van der Waals surface area contributed by atoms with Gasteiger partial charge in [0.1, 0.15) is 54.9 Å². The van der Waals surface area contributed by atoms with Crippen LogP contribution in [0.4, 0.5) is 0 Å². The molecule has 0 aromatic carbocycles. The number of aliphatic carboxylic acids is 1. The first-order valence-corrected chi connectivity index (χ1v) is 18.6. The smallest absolute Gasteiger partial charge is 0.471 e. The van der Waals surface area contributed by atoms with E-state index in [9.17, 15) is 73.8 Å². The molecule has 17 N–H and O–H groups in total. The molecule has 30 heteroatoms. The van der Waals surface area contributed by atoms with Gasteiger partial charge in [0.2, 0.25) is 0 Å². The van der Waals surface area contributed by atoms with Gasteiger partial charge >= 0.3 is 29.4 Å². The number of nitrogens with two attached hydrogens (primary N) is 2. The number of hydrogen-bond acceptors (Lipinski definition) is 20. The largest absolute Gasteiger partial charge is 0.477 e. The molecule has 3 fully saturated rings. The molecular weight excluding hydrogens is 761 g/mol. The van der Waals surface area contributed by atoms with E-state index in [1.54, 1.807) is 0 Å². The number of phosphoric ester groups is 3. The summed E-state index contributed by atoms with van der Waals surface area (Å²) in [5.74, 6) is -5.13. The summed E-state index contributed by atoms with van der Waals surface area (Å²) in [7, 11) is -16.2. The molecule has 0 aliphatic carbocycles. The average Bonchev–Trinajstić information content (AvgIpc) is 2.98. The number of ether oxygens (including phenoxy) is 5. The monoisotopic (exact) mass is 800 g/mol. The third-order valence-corrected chi connectivity index (χ3v) is 9.05. The predicted octanol–water partition coefficient (Wildman–Crippen LogP) is -7.44. The molecule has 0 aromatic rings. The van der Waals surface area contributed by atoms with Crippen molar-refractivity contribution in [2.24, 2.45) is 11.5 Å². The van der Waals surface area contributed by atoms with Crippen molar-refractivity contribution in [3.05, 3.63) is 0 Å². The Morgan fingerprint density at radius 2 is 1.30 bits per heavy atom. The molecule has 3 heterocycles. The van der Waals surface area contributed by atoms with Crippen LogP contribution < -0.4 is 11.5 Å². The van der Waals surface area contributed by atoms with Gasteiger partial charge in [-0.25, -0.2) is 18.5 Å². The number of aliphatic hydroxyl groups excluding tert-OH is 6. The van der Waals surface area contributed by atoms with E-state index >= 15 is 0 Å². The molecule has 0 spiro atoms. The van der Waals surface area contributed by atoms with Crippen LogP contribution in [0, 0.1) is 0 Å². The van der Waals surface area contributed by atoms with Crippen molar-refractivity contribution in [2.45, 2.75) is 97.9 Å². The van der Waals surface area contributed by atoms with E-state index in [4.69, 9.17) is 44.9 Å². The quantitative estimate of drug-likeness (QED) is 0.0684. The van der Waals surface area contributed by atoms with E-state index < -0.39 is 147 Å². The van der Waals surface area contributed by atoms with Crippen LogP contribution in [-0.4, -0.2) is 182 Å². The Balaban J connectivity index is 1.85. The van der Waals surface area contributed by atoms with E-state index in [1.165, 1.54) is 0 Å². The molecule has 15 atom stereocenters. The van der Waals surface area contributed by atoms with Crippen LogP contribution in [0.1, 0.15) is 6.42 Å². The van der Waals surface area contributed by atoms with Crippen LogP contribution >= 0.6 is 23.5 Å². The molecule has 0 amide bonds. The second-order valence-electron chi connectivity index (χ2n) is 11.2. The van der Waals surface area contributed by atoms with Gasteiger partial charge in [-0.2, -0.15) is 0 Å². The number of carboxylic acid groups (broad SMARTS) is 1. The zero-order valence-corrected chi connectivity index (χ0v) is 27.8. The lowest BCUT2D eigenvalue weighted by Crippen LogP contribution is -2.66. The number of aliphatic hydroxyl groups is 6. The highest BCUT2D eigenvalue weighted by molar-refractivity contribution is 7.46. The Bertz CT molecular complexity index is 1300. The molecule has 3 aliphatic heterocycles. The van der Waals surface area contributed by atoms with Gasteiger partial charge in [0.25, 0.3) is 5.79 Å². The van der Waals surface area contributed by atoms with E-state index in [-0.39, 0.29) is 0 Å². The molecule has 0 unspecified atom stereocenters. The highest BCUT2D eigenvalue weighted by Gasteiger charge is 2.58. The van der Waals surface area contributed by atoms with E-state index in [0.717, 1.165) is 0 Å². The van der Waals surface area contributed by atoms with Crippen LogP contribution in [-0.2, 0) is 55.7 Å². The van der Waals surface area contributed by atoms with Crippen LogP contribution in [0.15, 0.2) is 0 Å². The molecule has 294 valence electrons. The van der Waals surface area contributed by atoms with Crippen molar-refractivity contribution in [3.8, 4) is 0 Å². The molecule has 27 nitrogen and oxygen atoms in total.